The van der Waals surface area contributed by atoms with Gasteiger partial charge in [-0.25, -0.2) is 4.98 Å². The van der Waals surface area contributed by atoms with Crippen molar-refractivity contribution in [2.45, 2.75) is 44.2 Å². The Morgan fingerprint density at radius 2 is 2.39 bits per heavy atom. The molecule has 3 nitrogen and oxygen atoms in total. The average molecular weight is 264 g/mol. The molecule has 0 N–H and O–H groups in total. The van der Waals surface area contributed by atoms with Crippen LogP contribution in [0.25, 0.3) is 0 Å². The van der Waals surface area contributed by atoms with E-state index in [0.29, 0.717) is 0 Å². The molecule has 0 aromatic carbocycles. The molecule has 1 amide bonds. The molecule has 1 atom stereocenters. The first-order valence-electron chi connectivity index (χ1n) is 6.59. The third-order valence-corrected chi connectivity index (χ3v) is 4.25. The molecule has 2 heterocycles. The Bertz CT molecular complexity index is 422. The number of pyridine rings is 1. The second-order valence-corrected chi connectivity index (χ2v) is 5.81. The standard InChI is InChI=1S/C14H20N2OS/c1-3-18-14-12(7-6-9-15-14)13-8-4-5-10-16(13)11(2)17/h6-7,9,13H,3-5,8,10H2,1-2H3/t13-/m1/s1. The van der Waals surface area contributed by atoms with E-state index in [1.165, 1.54) is 12.0 Å². The molecule has 4 heteroatoms. The van der Waals surface area contributed by atoms with Crippen molar-refractivity contribution in [1.29, 1.82) is 0 Å². The number of rotatable bonds is 3. The van der Waals surface area contributed by atoms with E-state index in [1.807, 2.05) is 17.2 Å². The summed E-state index contributed by atoms with van der Waals surface area (Å²) in [6.07, 6.45) is 5.21. The lowest BCUT2D eigenvalue weighted by molar-refractivity contribution is -0.132. The van der Waals surface area contributed by atoms with Gasteiger partial charge in [-0.3, -0.25) is 4.79 Å². The molecule has 1 aromatic rings. The highest BCUT2D eigenvalue weighted by Crippen LogP contribution is 2.35. The number of hydrogen-bond donors (Lipinski definition) is 0. The molecule has 1 aliphatic heterocycles. The summed E-state index contributed by atoms with van der Waals surface area (Å²) in [6.45, 7) is 4.68. The fraction of sp³-hybridized carbons (Fsp3) is 0.571. The molecule has 1 fully saturated rings. The molecule has 0 unspecified atom stereocenters. The molecular formula is C14H20N2OS. The maximum Gasteiger partial charge on any atom is 0.219 e. The number of aromatic nitrogens is 1. The van der Waals surface area contributed by atoms with E-state index in [2.05, 4.69) is 18.0 Å². The number of carbonyl (C=O) groups excluding carboxylic acids is 1. The lowest BCUT2D eigenvalue weighted by Crippen LogP contribution is -2.37. The predicted molar refractivity (Wildman–Crippen MR) is 74.6 cm³/mol. The fourth-order valence-corrected chi connectivity index (χ4v) is 3.33. The Hall–Kier alpha value is -1.03. The number of thioether (sulfide) groups is 1. The largest absolute Gasteiger partial charge is 0.336 e. The Morgan fingerprint density at radius 1 is 1.56 bits per heavy atom. The highest BCUT2D eigenvalue weighted by atomic mass is 32.2. The van der Waals surface area contributed by atoms with Gasteiger partial charge in [0.15, 0.2) is 0 Å². The van der Waals surface area contributed by atoms with Crippen molar-refractivity contribution in [3.63, 3.8) is 0 Å². The summed E-state index contributed by atoms with van der Waals surface area (Å²) in [4.78, 5) is 18.2. The third kappa shape index (κ3) is 2.86. The van der Waals surface area contributed by atoms with Crippen LogP contribution in [0.2, 0.25) is 0 Å². The van der Waals surface area contributed by atoms with Crippen molar-refractivity contribution in [2.24, 2.45) is 0 Å². The molecule has 0 saturated carbocycles. The SMILES string of the molecule is CCSc1ncccc1[C@H]1CCCCN1C(C)=O. The summed E-state index contributed by atoms with van der Waals surface area (Å²) >= 11 is 1.76. The van der Waals surface area contributed by atoms with Crippen LogP contribution in [0.3, 0.4) is 0 Å². The minimum absolute atomic E-state index is 0.177. The van der Waals surface area contributed by atoms with Crippen LogP contribution in [0, 0.1) is 0 Å². The predicted octanol–water partition coefficient (Wildman–Crippen LogP) is 3.27. The van der Waals surface area contributed by atoms with E-state index < -0.39 is 0 Å². The summed E-state index contributed by atoms with van der Waals surface area (Å²) in [5.41, 5.74) is 1.22. The smallest absolute Gasteiger partial charge is 0.219 e. The van der Waals surface area contributed by atoms with E-state index in [-0.39, 0.29) is 11.9 Å². The Balaban J connectivity index is 2.30. The van der Waals surface area contributed by atoms with Crippen molar-refractivity contribution in [3.05, 3.63) is 23.9 Å². The number of likely N-dealkylation sites (tertiary alicyclic amines) is 1. The molecule has 0 aliphatic carbocycles. The number of hydrogen-bond acceptors (Lipinski definition) is 3. The van der Waals surface area contributed by atoms with Gasteiger partial charge < -0.3 is 4.90 Å². The number of carbonyl (C=O) groups is 1. The normalized spacial score (nSPS) is 19.9. The van der Waals surface area contributed by atoms with E-state index in [4.69, 9.17) is 0 Å². The van der Waals surface area contributed by atoms with Crippen molar-refractivity contribution >= 4 is 17.7 Å². The maximum absolute atomic E-state index is 11.8. The van der Waals surface area contributed by atoms with Crippen LogP contribution >= 0.6 is 11.8 Å². The van der Waals surface area contributed by atoms with E-state index in [0.717, 1.165) is 30.2 Å². The average Bonchev–Trinajstić information content (AvgIpc) is 2.40. The number of nitrogens with zero attached hydrogens (tertiary/aromatic N) is 2. The van der Waals surface area contributed by atoms with E-state index in [9.17, 15) is 4.79 Å². The summed E-state index contributed by atoms with van der Waals surface area (Å²) in [7, 11) is 0. The van der Waals surface area contributed by atoms with Crippen molar-refractivity contribution in [3.8, 4) is 0 Å². The molecule has 1 aromatic heterocycles. The zero-order chi connectivity index (χ0) is 13.0. The van der Waals surface area contributed by atoms with Crippen LogP contribution in [-0.2, 0) is 4.79 Å². The second-order valence-electron chi connectivity index (χ2n) is 4.55. The number of piperidine rings is 1. The van der Waals surface area contributed by atoms with Gasteiger partial charge in [-0.1, -0.05) is 13.0 Å². The van der Waals surface area contributed by atoms with Crippen molar-refractivity contribution < 1.29 is 4.79 Å². The minimum atomic E-state index is 0.177. The minimum Gasteiger partial charge on any atom is -0.336 e. The highest BCUT2D eigenvalue weighted by molar-refractivity contribution is 7.99. The summed E-state index contributed by atoms with van der Waals surface area (Å²) < 4.78 is 0. The second kappa shape index (κ2) is 6.23. The molecule has 0 spiro atoms. The van der Waals surface area contributed by atoms with Gasteiger partial charge in [0.25, 0.3) is 0 Å². The van der Waals surface area contributed by atoms with Crippen LogP contribution in [0.15, 0.2) is 23.4 Å². The molecule has 0 radical (unpaired) electrons. The van der Waals surface area contributed by atoms with Crippen LogP contribution in [0.4, 0.5) is 0 Å². The van der Waals surface area contributed by atoms with Crippen molar-refractivity contribution in [2.75, 3.05) is 12.3 Å². The molecule has 2 rings (SSSR count). The van der Waals surface area contributed by atoms with Gasteiger partial charge in [-0.05, 0) is 31.1 Å². The molecule has 1 saturated heterocycles. The van der Waals surface area contributed by atoms with Crippen LogP contribution in [0.5, 0.6) is 0 Å². The first-order valence-corrected chi connectivity index (χ1v) is 7.57. The van der Waals surface area contributed by atoms with Gasteiger partial charge in [0.1, 0.15) is 5.03 Å². The quantitative estimate of drug-likeness (QED) is 0.786. The Morgan fingerprint density at radius 3 is 3.11 bits per heavy atom. The first kappa shape index (κ1) is 13.4. The van der Waals surface area contributed by atoms with Gasteiger partial charge >= 0.3 is 0 Å². The highest BCUT2D eigenvalue weighted by Gasteiger charge is 2.27. The molecular weight excluding hydrogens is 244 g/mol. The first-order chi connectivity index (χ1) is 8.74. The maximum atomic E-state index is 11.8. The molecule has 1 aliphatic rings. The van der Waals surface area contributed by atoms with Crippen molar-refractivity contribution in [1.82, 2.24) is 9.88 Å². The van der Waals surface area contributed by atoms with Crippen LogP contribution < -0.4 is 0 Å². The van der Waals surface area contributed by atoms with Gasteiger partial charge in [0.2, 0.25) is 5.91 Å². The number of amides is 1. The van der Waals surface area contributed by atoms with Gasteiger partial charge in [0, 0.05) is 25.2 Å². The summed E-state index contributed by atoms with van der Waals surface area (Å²) in [5.74, 6) is 1.19. The lowest BCUT2D eigenvalue weighted by atomic mass is 9.96. The zero-order valence-corrected chi connectivity index (χ0v) is 11.9. The zero-order valence-electron chi connectivity index (χ0n) is 11.1. The summed E-state index contributed by atoms with van der Waals surface area (Å²) in [6, 6.07) is 4.32. The van der Waals surface area contributed by atoms with E-state index >= 15 is 0 Å². The Kier molecular flexibility index (Phi) is 4.64. The third-order valence-electron chi connectivity index (χ3n) is 3.35. The van der Waals surface area contributed by atoms with Crippen LogP contribution in [0.1, 0.15) is 44.7 Å². The molecule has 18 heavy (non-hydrogen) atoms. The Labute approximate surface area is 113 Å². The van der Waals surface area contributed by atoms with Gasteiger partial charge in [-0.2, -0.15) is 0 Å². The van der Waals surface area contributed by atoms with E-state index in [1.54, 1.807) is 18.7 Å². The summed E-state index contributed by atoms with van der Waals surface area (Å²) in [5, 5.41) is 1.08. The molecule has 98 valence electrons. The fourth-order valence-electron chi connectivity index (χ4n) is 2.55. The lowest BCUT2D eigenvalue weighted by Gasteiger charge is -2.36. The van der Waals surface area contributed by atoms with Crippen LogP contribution in [-0.4, -0.2) is 28.1 Å². The topological polar surface area (TPSA) is 33.2 Å². The molecule has 0 bridgehead atoms. The van der Waals surface area contributed by atoms with Gasteiger partial charge in [-0.15, -0.1) is 11.8 Å². The monoisotopic (exact) mass is 264 g/mol. The van der Waals surface area contributed by atoms with Gasteiger partial charge in [0.05, 0.1) is 6.04 Å².